The van der Waals surface area contributed by atoms with Gasteiger partial charge in [-0.15, -0.1) is 0 Å². The van der Waals surface area contributed by atoms with Crippen LogP contribution in [-0.2, 0) is 0 Å². The van der Waals surface area contributed by atoms with Crippen LogP contribution in [0.4, 0.5) is 14.7 Å². The summed E-state index contributed by atoms with van der Waals surface area (Å²) in [6, 6.07) is 17.3. The lowest BCUT2D eigenvalue weighted by Gasteiger charge is -2.39. The minimum atomic E-state index is -0.691. The molecule has 2 aliphatic rings. The number of fused-ring (bicyclic) bond motifs is 3. The maximum absolute atomic E-state index is 15.1. The number of anilines is 1. The molecule has 0 saturated heterocycles. The number of rotatable bonds is 2. The third kappa shape index (κ3) is 2.89. The van der Waals surface area contributed by atoms with E-state index in [1.54, 1.807) is 53.2 Å². The number of hydrogen-bond donors (Lipinski definition) is 1. The van der Waals surface area contributed by atoms with Crippen molar-refractivity contribution >= 4 is 23.2 Å². The molecule has 1 aromatic heterocycles. The number of nitrogens with one attached hydrogen (secondary N) is 1. The van der Waals surface area contributed by atoms with Crippen molar-refractivity contribution in [1.29, 1.82) is 0 Å². The second-order valence-corrected chi connectivity index (χ2v) is 8.04. The van der Waals surface area contributed by atoms with Crippen molar-refractivity contribution in [2.45, 2.75) is 12.1 Å². The molecule has 0 spiro atoms. The van der Waals surface area contributed by atoms with Gasteiger partial charge < -0.3 is 10.1 Å². The molecule has 32 heavy (non-hydrogen) atoms. The Morgan fingerprint density at radius 2 is 1.88 bits per heavy atom. The van der Waals surface area contributed by atoms with Gasteiger partial charge >= 0.3 is 0 Å². The van der Waals surface area contributed by atoms with Crippen LogP contribution < -0.4 is 10.1 Å². The smallest absolute Gasteiger partial charge is 0.226 e. The molecule has 2 aliphatic heterocycles. The Morgan fingerprint density at radius 1 is 1.00 bits per heavy atom. The highest BCUT2D eigenvalue weighted by molar-refractivity contribution is 6.30. The van der Waals surface area contributed by atoms with Gasteiger partial charge in [-0.05, 0) is 42.0 Å². The Morgan fingerprint density at radius 3 is 2.72 bits per heavy atom. The molecule has 6 rings (SSSR count). The molecular weight excluding hydrogens is 434 g/mol. The largest absolute Gasteiger partial charge is 0.480 e. The van der Waals surface area contributed by atoms with Crippen LogP contribution in [0, 0.1) is 11.6 Å². The van der Waals surface area contributed by atoms with E-state index in [4.69, 9.17) is 16.3 Å². The summed E-state index contributed by atoms with van der Waals surface area (Å²) < 4.78 is 37.2. The third-order valence-corrected chi connectivity index (χ3v) is 5.96. The maximum Gasteiger partial charge on any atom is 0.226 e. The summed E-state index contributed by atoms with van der Waals surface area (Å²) >= 11 is 6.29. The van der Waals surface area contributed by atoms with Gasteiger partial charge in [-0.1, -0.05) is 41.9 Å². The van der Waals surface area contributed by atoms with Crippen molar-refractivity contribution in [3.8, 4) is 5.75 Å². The summed E-state index contributed by atoms with van der Waals surface area (Å²) in [5.74, 6) is 0.267. The Bertz CT molecular complexity index is 1400. The van der Waals surface area contributed by atoms with Crippen molar-refractivity contribution in [1.82, 2.24) is 14.8 Å². The first-order valence-electron chi connectivity index (χ1n) is 9.97. The van der Waals surface area contributed by atoms with Crippen LogP contribution in [0.5, 0.6) is 5.75 Å². The zero-order valence-corrected chi connectivity index (χ0v) is 17.2. The summed E-state index contributed by atoms with van der Waals surface area (Å²) in [5, 5.41) is 8.19. The van der Waals surface area contributed by atoms with Gasteiger partial charge in [-0.25, -0.2) is 13.5 Å². The summed E-state index contributed by atoms with van der Waals surface area (Å²) in [6.45, 7) is 0. The van der Waals surface area contributed by atoms with E-state index < -0.39 is 12.1 Å². The topological polar surface area (TPSA) is 52.0 Å². The molecule has 0 radical (unpaired) electrons. The van der Waals surface area contributed by atoms with Crippen LogP contribution >= 0.6 is 11.6 Å². The first kappa shape index (κ1) is 19.0. The lowest BCUT2D eigenvalue weighted by atomic mass is 9.84. The number of hydrogen-bond acceptors (Lipinski definition) is 4. The van der Waals surface area contributed by atoms with E-state index in [2.05, 4.69) is 15.4 Å². The zero-order valence-electron chi connectivity index (χ0n) is 16.5. The molecule has 8 heteroatoms. The molecule has 0 bridgehead atoms. The molecule has 0 saturated carbocycles. The molecule has 3 aromatic carbocycles. The lowest BCUT2D eigenvalue weighted by Crippen LogP contribution is -2.32. The third-order valence-electron chi connectivity index (χ3n) is 5.73. The van der Waals surface area contributed by atoms with Crippen molar-refractivity contribution in [2.75, 3.05) is 5.32 Å². The van der Waals surface area contributed by atoms with E-state index in [9.17, 15) is 4.39 Å². The molecule has 4 aromatic rings. The SMILES string of the molecule is Fc1cccc([C@@H]2Oc3ccc(Cl)cc3C3=C2[C@H](c2ccccc2F)n2ncnc2N3)c1. The van der Waals surface area contributed by atoms with E-state index >= 15 is 4.39 Å². The summed E-state index contributed by atoms with van der Waals surface area (Å²) in [5.41, 5.74) is 3.11. The second kappa shape index (κ2) is 7.17. The van der Waals surface area contributed by atoms with Crippen molar-refractivity contribution < 1.29 is 13.5 Å². The number of nitrogens with zero attached hydrogens (tertiary/aromatic N) is 3. The molecule has 0 amide bonds. The van der Waals surface area contributed by atoms with E-state index in [1.165, 1.54) is 24.5 Å². The van der Waals surface area contributed by atoms with Crippen molar-refractivity contribution in [2.24, 2.45) is 0 Å². The molecular formula is C24H15ClF2N4O. The van der Waals surface area contributed by atoms with E-state index in [1.807, 2.05) is 0 Å². The van der Waals surface area contributed by atoms with Crippen LogP contribution in [0.3, 0.4) is 0 Å². The summed E-state index contributed by atoms with van der Waals surface area (Å²) in [4.78, 5) is 4.31. The van der Waals surface area contributed by atoms with E-state index in [-0.39, 0.29) is 11.6 Å². The van der Waals surface area contributed by atoms with Gasteiger partial charge in [-0.2, -0.15) is 10.1 Å². The highest BCUT2D eigenvalue weighted by Gasteiger charge is 2.41. The average molecular weight is 449 g/mol. The zero-order chi connectivity index (χ0) is 21.8. The number of ether oxygens (including phenoxy) is 1. The van der Waals surface area contributed by atoms with Gasteiger partial charge in [0, 0.05) is 21.7 Å². The van der Waals surface area contributed by atoms with Gasteiger partial charge in [0.25, 0.3) is 0 Å². The minimum Gasteiger partial charge on any atom is -0.480 e. The second-order valence-electron chi connectivity index (χ2n) is 7.60. The minimum absolute atomic E-state index is 0.386. The summed E-state index contributed by atoms with van der Waals surface area (Å²) in [6.07, 6.45) is 0.717. The first-order chi connectivity index (χ1) is 15.6. The van der Waals surface area contributed by atoms with E-state index in [0.29, 0.717) is 39.1 Å². The van der Waals surface area contributed by atoms with Gasteiger partial charge in [0.2, 0.25) is 5.95 Å². The van der Waals surface area contributed by atoms with Gasteiger partial charge in [0.1, 0.15) is 35.9 Å². The fourth-order valence-corrected chi connectivity index (χ4v) is 4.55. The highest BCUT2D eigenvalue weighted by Crippen LogP contribution is 2.51. The van der Waals surface area contributed by atoms with Crippen molar-refractivity contribution in [3.05, 3.63) is 112 Å². The Hall–Kier alpha value is -3.71. The summed E-state index contributed by atoms with van der Waals surface area (Å²) in [7, 11) is 0. The van der Waals surface area contributed by atoms with Gasteiger partial charge in [0.05, 0.1) is 5.70 Å². The Kier molecular flexibility index (Phi) is 4.26. The normalized spacial score (nSPS) is 18.8. The monoisotopic (exact) mass is 448 g/mol. The van der Waals surface area contributed by atoms with Gasteiger partial charge in [-0.3, -0.25) is 0 Å². The number of benzene rings is 3. The number of halogens is 3. The average Bonchev–Trinajstić information content (AvgIpc) is 3.26. The molecule has 2 atom stereocenters. The lowest BCUT2D eigenvalue weighted by molar-refractivity contribution is 0.222. The quantitative estimate of drug-likeness (QED) is 0.423. The molecule has 5 nitrogen and oxygen atoms in total. The molecule has 1 N–H and O–H groups in total. The van der Waals surface area contributed by atoms with Crippen LogP contribution in [-0.4, -0.2) is 14.8 Å². The Labute approximate surface area is 186 Å². The van der Waals surface area contributed by atoms with Crippen LogP contribution in [0.15, 0.2) is 78.6 Å². The van der Waals surface area contributed by atoms with Crippen LogP contribution in [0.2, 0.25) is 5.02 Å². The Balaban J connectivity index is 1.67. The van der Waals surface area contributed by atoms with Crippen LogP contribution in [0.25, 0.3) is 5.70 Å². The molecule has 3 heterocycles. The molecule has 0 fully saturated rings. The number of aromatic nitrogens is 3. The van der Waals surface area contributed by atoms with Gasteiger partial charge in [0.15, 0.2) is 0 Å². The van der Waals surface area contributed by atoms with E-state index in [0.717, 1.165) is 5.56 Å². The van der Waals surface area contributed by atoms with Crippen LogP contribution in [0.1, 0.15) is 28.8 Å². The predicted octanol–water partition coefficient (Wildman–Crippen LogP) is 5.77. The molecule has 0 unspecified atom stereocenters. The first-order valence-corrected chi connectivity index (χ1v) is 10.3. The highest BCUT2D eigenvalue weighted by atomic mass is 35.5. The maximum atomic E-state index is 15.1. The molecule has 0 aliphatic carbocycles. The predicted molar refractivity (Wildman–Crippen MR) is 116 cm³/mol. The van der Waals surface area contributed by atoms with Crippen molar-refractivity contribution in [3.63, 3.8) is 0 Å². The standard InChI is InChI=1S/C24H15ClF2N4O/c25-14-8-9-19-17(11-14)21-20(23(32-19)13-4-3-5-15(26)10-13)22(16-6-1-2-7-18(16)27)31-24(30-21)28-12-29-31/h1-12,22-23H,(H,28,29,30)/t22-,23-/m0/s1. The molecule has 158 valence electrons. The fraction of sp³-hybridized carbons (Fsp3) is 0.0833. The fourth-order valence-electron chi connectivity index (χ4n) is 4.38.